The number of nitrogens with two attached hydrogens (primary N) is 1. The van der Waals surface area contributed by atoms with Crippen LogP contribution in [0.5, 0.6) is 11.5 Å². The maximum absolute atomic E-state index is 5.59. The van der Waals surface area contributed by atoms with Gasteiger partial charge in [0.05, 0.1) is 0 Å². The summed E-state index contributed by atoms with van der Waals surface area (Å²) in [5, 5.41) is 2.30. The highest BCUT2D eigenvalue weighted by Crippen LogP contribution is 2.32. The second kappa shape index (κ2) is 4.94. The van der Waals surface area contributed by atoms with Crippen LogP contribution in [0.15, 0.2) is 18.2 Å². The van der Waals surface area contributed by atoms with Crippen LogP contribution in [-0.4, -0.2) is 26.0 Å². The van der Waals surface area contributed by atoms with Gasteiger partial charge in [0.2, 0.25) is 6.79 Å². The van der Waals surface area contributed by atoms with E-state index in [1.807, 2.05) is 6.07 Å². The summed E-state index contributed by atoms with van der Waals surface area (Å²) in [4.78, 5) is 0. The van der Waals surface area contributed by atoms with Gasteiger partial charge in [-0.1, -0.05) is 0 Å². The molecular formula is C13H18NO3+. The van der Waals surface area contributed by atoms with Gasteiger partial charge in [0.25, 0.3) is 0 Å². The Bertz CT molecular complexity index is 388. The van der Waals surface area contributed by atoms with Crippen LogP contribution in [0.2, 0.25) is 0 Å². The Morgan fingerprint density at radius 1 is 1.24 bits per heavy atom. The summed E-state index contributed by atoms with van der Waals surface area (Å²) >= 11 is 0. The number of hydrogen-bond donors (Lipinski definition) is 1. The Kier molecular flexibility index (Phi) is 3.16. The molecule has 0 unspecified atom stereocenters. The first-order chi connectivity index (χ1) is 8.42. The number of quaternary nitrogens is 1. The average Bonchev–Trinajstić information content (AvgIpc) is 2.98. The number of rotatable bonds is 4. The zero-order valence-electron chi connectivity index (χ0n) is 9.85. The Hall–Kier alpha value is -1.26. The van der Waals surface area contributed by atoms with E-state index in [9.17, 15) is 0 Å². The second-order valence-electron chi connectivity index (χ2n) is 4.55. The van der Waals surface area contributed by atoms with Crippen molar-refractivity contribution in [3.63, 3.8) is 0 Å². The van der Waals surface area contributed by atoms with Gasteiger partial charge in [-0.25, -0.2) is 0 Å². The molecule has 0 aromatic heterocycles. The third-order valence-corrected chi connectivity index (χ3v) is 3.27. The van der Waals surface area contributed by atoms with E-state index in [1.165, 1.54) is 18.4 Å². The third kappa shape index (κ3) is 2.53. The highest BCUT2D eigenvalue weighted by atomic mass is 16.7. The topological polar surface area (TPSA) is 44.3 Å². The monoisotopic (exact) mass is 236 g/mol. The van der Waals surface area contributed by atoms with Crippen LogP contribution >= 0.6 is 0 Å². The van der Waals surface area contributed by atoms with Crippen molar-refractivity contribution in [2.45, 2.75) is 25.5 Å². The van der Waals surface area contributed by atoms with Gasteiger partial charge in [-0.15, -0.1) is 0 Å². The minimum Gasteiger partial charge on any atom is -0.454 e. The fraction of sp³-hybridized carbons (Fsp3) is 0.538. The van der Waals surface area contributed by atoms with E-state index in [-0.39, 0.29) is 0 Å². The molecule has 2 N–H and O–H groups in total. The maximum Gasteiger partial charge on any atom is 0.231 e. The smallest absolute Gasteiger partial charge is 0.231 e. The van der Waals surface area contributed by atoms with Gasteiger partial charge in [-0.05, 0) is 31.0 Å². The first-order valence-corrected chi connectivity index (χ1v) is 6.23. The number of ether oxygens (including phenoxy) is 3. The molecule has 3 rings (SSSR count). The van der Waals surface area contributed by atoms with Crippen molar-refractivity contribution in [3.05, 3.63) is 23.8 Å². The van der Waals surface area contributed by atoms with Gasteiger partial charge in [0.1, 0.15) is 19.2 Å². The summed E-state index contributed by atoms with van der Waals surface area (Å²) in [6.45, 7) is 3.30. The largest absolute Gasteiger partial charge is 0.454 e. The van der Waals surface area contributed by atoms with Crippen molar-refractivity contribution >= 4 is 0 Å². The van der Waals surface area contributed by atoms with Gasteiger partial charge >= 0.3 is 0 Å². The van der Waals surface area contributed by atoms with Gasteiger partial charge in [-0.2, -0.15) is 0 Å². The summed E-state index contributed by atoms with van der Waals surface area (Å²) in [5.74, 6) is 1.72. The van der Waals surface area contributed by atoms with E-state index in [0.717, 1.165) is 31.2 Å². The standard InChI is InChI=1S/C13H17NO3/c1-2-11(15-5-1)8-14-7-10-3-4-12-13(6-10)17-9-16-12/h3-4,6,11,14H,1-2,5,7-9H2/p+1/t11-/m1/s1. The molecule has 0 spiro atoms. The van der Waals surface area contributed by atoms with E-state index in [4.69, 9.17) is 14.2 Å². The van der Waals surface area contributed by atoms with Crippen LogP contribution in [0.3, 0.4) is 0 Å². The minimum atomic E-state index is 0.346. The van der Waals surface area contributed by atoms with Crippen LogP contribution < -0.4 is 14.8 Å². The quantitative estimate of drug-likeness (QED) is 0.835. The molecule has 0 aliphatic carbocycles. The lowest BCUT2D eigenvalue weighted by Gasteiger charge is -2.08. The zero-order chi connectivity index (χ0) is 11.5. The van der Waals surface area contributed by atoms with Gasteiger partial charge < -0.3 is 19.5 Å². The molecule has 0 radical (unpaired) electrons. The summed E-state index contributed by atoms with van der Waals surface area (Å²) in [5.41, 5.74) is 1.27. The van der Waals surface area contributed by atoms with Crippen LogP contribution in [0.4, 0.5) is 0 Å². The Morgan fingerprint density at radius 3 is 3.06 bits per heavy atom. The SMILES string of the molecule is c1cc2c(cc1C[NH2+]C[C@H]1CCCO1)OCO2. The zero-order valence-corrected chi connectivity index (χ0v) is 9.85. The van der Waals surface area contributed by atoms with E-state index < -0.39 is 0 Å². The maximum atomic E-state index is 5.59. The lowest BCUT2D eigenvalue weighted by Crippen LogP contribution is -2.84. The van der Waals surface area contributed by atoms with Gasteiger partial charge in [0.15, 0.2) is 11.5 Å². The Labute approximate surface area is 101 Å². The first kappa shape index (κ1) is 10.9. The molecule has 4 nitrogen and oxygen atoms in total. The van der Waals surface area contributed by atoms with E-state index >= 15 is 0 Å². The van der Waals surface area contributed by atoms with Crippen molar-refractivity contribution in [1.29, 1.82) is 0 Å². The summed E-state index contributed by atoms with van der Waals surface area (Å²) in [7, 11) is 0. The molecule has 1 aromatic rings. The van der Waals surface area contributed by atoms with E-state index in [0.29, 0.717) is 12.9 Å². The van der Waals surface area contributed by atoms with E-state index in [2.05, 4.69) is 17.4 Å². The molecule has 1 fully saturated rings. The second-order valence-corrected chi connectivity index (χ2v) is 4.55. The predicted octanol–water partition coefficient (Wildman–Crippen LogP) is 0.658. The fourth-order valence-electron chi connectivity index (χ4n) is 2.33. The molecule has 2 aliphatic rings. The molecule has 2 aliphatic heterocycles. The van der Waals surface area contributed by atoms with Crippen molar-refractivity contribution in [1.82, 2.24) is 0 Å². The molecule has 1 aromatic carbocycles. The first-order valence-electron chi connectivity index (χ1n) is 6.23. The minimum absolute atomic E-state index is 0.346. The predicted molar refractivity (Wildman–Crippen MR) is 62.0 cm³/mol. The Morgan fingerprint density at radius 2 is 2.18 bits per heavy atom. The van der Waals surface area contributed by atoms with Crippen LogP contribution in [0, 0.1) is 0 Å². The molecule has 0 saturated carbocycles. The normalized spacial score (nSPS) is 22.0. The lowest BCUT2D eigenvalue weighted by molar-refractivity contribution is -0.676. The number of hydrogen-bond acceptors (Lipinski definition) is 3. The van der Waals surface area contributed by atoms with Crippen molar-refractivity contribution in [3.8, 4) is 11.5 Å². The van der Waals surface area contributed by atoms with Gasteiger partial charge in [-0.3, -0.25) is 0 Å². The highest BCUT2D eigenvalue weighted by molar-refractivity contribution is 5.44. The molecule has 17 heavy (non-hydrogen) atoms. The molecule has 1 saturated heterocycles. The average molecular weight is 236 g/mol. The van der Waals surface area contributed by atoms with Crippen LogP contribution in [0.25, 0.3) is 0 Å². The molecular weight excluding hydrogens is 218 g/mol. The third-order valence-electron chi connectivity index (χ3n) is 3.27. The number of benzene rings is 1. The number of fused-ring (bicyclic) bond motifs is 1. The van der Waals surface area contributed by atoms with Crippen molar-refractivity contribution in [2.24, 2.45) is 0 Å². The summed E-state index contributed by atoms with van der Waals surface area (Å²) < 4.78 is 16.2. The van der Waals surface area contributed by atoms with Crippen LogP contribution in [-0.2, 0) is 11.3 Å². The molecule has 92 valence electrons. The summed E-state index contributed by atoms with van der Waals surface area (Å²) in [6.07, 6.45) is 2.86. The van der Waals surface area contributed by atoms with Crippen molar-refractivity contribution < 1.29 is 19.5 Å². The highest BCUT2D eigenvalue weighted by Gasteiger charge is 2.17. The van der Waals surface area contributed by atoms with Gasteiger partial charge in [0, 0.05) is 12.2 Å². The van der Waals surface area contributed by atoms with Crippen LogP contribution in [0.1, 0.15) is 18.4 Å². The Balaban J connectivity index is 1.51. The molecule has 2 heterocycles. The molecule has 0 bridgehead atoms. The lowest BCUT2D eigenvalue weighted by atomic mass is 10.2. The molecule has 1 atom stereocenters. The van der Waals surface area contributed by atoms with E-state index in [1.54, 1.807) is 0 Å². The fourth-order valence-corrected chi connectivity index (χ4v) is 2.33. The van der Waals surface area contributed by atoms with Crippen molar-refractivity contribution in [2.75, 3.05) is 19.9 Å². The summed E-state index contributed by atoms with van der Waals surface area (Å²) in [6, 6.07) is 6.14. The molecule has 4 heteroatoms. The molecule has 0 amide bonds.